The Kier molecular flexibility index (Phi) is 8.19. The van der Waals surface area contributed by atoms with Crippen LogP contribution < -0.4 is 10.2 Å². The first-order valence-corrected chi connectivity index (χ1v) is 11.1. The predicted octanol–water partition coefficient (Wildman–Crippen LogP) is 3.02. The van der Waals surface area contributed by atoms with Crippen molar-refractivity contribution in [2.24, 2.45) is 0 Å². The SMILES string of the molecule is CCOC(=O)c1ccc(N2C(=O)[C@H](CC(=O)Nc3ccc(Cl)cc3)N(CC(=O)OC)C2=S)cc1. The Bertz CT molecular complexity index is 1110. The van der Waals surface area contributed by atoms with E-state index in [1.165, 1.54) is 29.0 Å². The van der Waals surface area contributed by atoms with Gasteiger partial charge in [0, 0.05) is 10.7 Å². The highest BCUT2D eigenvalue weighted by molar-refractivity contribution is 7.80. The molecule has 2 aromatic carbocycles. The molecule has 0 spiro atoms. The first kappa shape index (κ1) is 25.1. The van der Waals surface area contributed by atoms with Gasteiger partial charge in [-0.25, -0.2) is 4.79 Å². The first-order valence-electron chi connectivity index (χ1n) is 10.3. The third kappa shape index (κ3) is 5.70. The molecule has 1 fully saturated rings. The molecule has 1 N–H and O–H groups in total. The van der Waals surface area contributed by atoms with E-state index >= 15 is 0 Å². The zero-order chi connectivity index (χ0) is 24.8. The molecule has 1 saturated heterocycles. The van der Waals surface area contributed by atoms with Gasteiger partial charge in [-0.1, -0.05) is 11.6 Å². The number of hydrogen-bond donors (Lipinski definition) is 1. The number of amides is 2. The molecule has 9 nitrogen and oxygen atoms in total. The molecule has 1 atom stereocenters. The van der Waals surface area contributed by atoms with Crippen LogP contribution in [-0.2, 0) is 23.9 Å². The number of anilines is 2. The van der Waals surface area contributed by atoms with Crippen molar-refractivity contribution in [3.05, 3.63) is 59.1 Å². The Morgan fingerprint density at radius 1 is 1.09 bits per heavy atom. The summed E-state index contributed by atoms with van der Waals surface area (Å²) in [7, 11) is 1.22. The maximum Gasteiger partial charge on any atom is 0.338 e. The molecule has 1 aliphatic heterocycles. The number of hydrogen-bond acceptors (Lipinski definition) is 7. The molecule has 0 aromatic heterocycles. The van der Waals surface area contributed by atoms with Crippen LogP contribution in [0.5, 0.6) is 0 Å². The van der Waals surface area contributed by atoms with E-state index in [0.29, 0.717) is 22.0 Å². The highest BCUT2D eigenvalue weighted by Crippen LogP contribution is 2.28. The number of nitrogens with one attached hydrogen (secondary N) is 1. The van der Waals surface area contributed by atoms with Crippen molar-refractivity contribution in [2.45, 2.75) is 19.4 Å². The average molecular weight is 504 g/mol. The molecule has 2 aromatic rings. The van der Waals surface area contributed by atoms with E-state index in [-0.39, 0.29) is 24.7 Å². The van der Waals surface area contributed by atoms with Gasteiger partial charge in [-0.05, 0) is 67.7 Å². The van der Waals surface area contributed by atoms with Crippen LogP contribution in [-0.4, -0.2) is 60.1 Å². The van der Waals surface area contributed by atoms with Crippen LogP contribution in [0.15, 0.2) is 48.5 Å². The van der Waals surface area contributed by atoms with Gasteiger partial charge >= 0.3 is 11.9 Å². The van der Waals surface area contributed by atoms with Gasteiger partial charge in [-0.2, -0.15) is 0 Å². The number of carbonyl (C=O) groups is 4. The lowest BCUT2D eigenvalue weighted by Crippen LogP contribution is -2.41. The van der Waals surface area contributed by atoms with Gasteiger partial charge in [0.2, 0.25) is 5.91 Å². The molecule has 1 aliphatic rings. The lowest BCUT2D eigenvalue weighted by atomic mass is 10.1. The maximum absolute atomic E-state index is 13.3. The fourth-order valence-electron chi connectivity index (χ4n) is 3.34. The van der Waals surface area contributed by atoms with Gasteiger partial charge in [0.1, 0.15) is 12.6 Å². The highest BCUT2D eigenvalue weighted by atomic mass is 35.5. The minimum atomic E-state index is -1.02. The molecule has 0 saturated carbocycles. The molecule has 1 heterocycles. The normalized spacial score (nSPS) is 15.3. The van der Waals surface area contributed by atoms with Gasteiger partial charge in [-0.3, -0.25) is 19.3 Å². The molecule has 2 amide bonds. The quantitative estimate of drug-likeness (QED) is 0.433. The monoisotopic (exact) mass is 503 g/mol. The van der Waals surface area contributed by atoms with Gasteiger partial charge in [-0.15, -0.1) is 0 Å². The van der Waals surface area contributed by atoms with Crippen LogP contribution >= 0.6 is 23.8 Å². The number of halogens is 1. The maximum atomic E-state index is 13.3. The van der Waals surface area contributed by atoms with Gasteiger partial charge in [0.25, 0.3) is 5.91 Å². The van der Waals surface area contributed by atoms with Gasteiger partial charge < -0.3 is 19.7 Å². The Morgan fingerprint density at radius 2 is 1.74 bits per heavy atom. The number of carbonyl (C=O) groups excluding carboxylic acids is 4. The summed E-state index contributed by atoms with van der Waals surface area (Å²) in [6.07, 6.45) is -0.254. The molecule has 0 radical (unpaired) electrons. The van der Waals surface area contributed by atoms with E-state index in [1.54, 1.807) is 43.3 Å². The van der Waals surface area contributed by atoms with Crippen LogP contribution in [0.1, 0.15) is 23.7 Å². The summed E-state index contributed by atoms with van der Waals surface area (Å²) in [5.41, 5.74) is 1.21. The van der Waals surface area contributed by atoms with Crippen molar-refractivity contribution in [3.8, 4) is 0 Å². The molecule has 34 heavy (non-hydrogen) atoms. The highest BCUT2D eigenvalue weighted by Gasteiger charge is 2.45. The van der Waals surface area contributed by atoms with E-state index in [1.807, 2.05) is 0 Å². The third-order valence-electron chi connectivity index (χ3n) is 4.99. The number of ether oxygens (including phenoxy) is 2. The number of thiocarbonyl (C=S) groups is 1. The van der Waals surface area contributed by atoms with Crippen molar-refractivity contribution >= 4 is 64.1 Å². The van der Waals surface area contributed by atoms with Crippen molar-refractivity contribution in [2.75, 3.05) is 30.5 Å². The molecular formula is C23H22ClN3O6S. The molecule has 0 unspecified atom stereocenters. The van der Waals surface area contributed by atoms with E-state index in [9.17, 15) is 19.2 Å². The summed E-state index contributed by atoms with van der Waals surface area (Å²) in [5.74, 6) is -2.03. The van der Waals surface area contributed by atoms with E-state index in [4.69, 9.17) is 33.3 Å². The minimum Gasteiger partial charge on any atom is -0.468 e. The van der Waals surface area contributed by atoms with Crippen LogP contribution in [0.2, 0.25) is 5.02 Å². The second-order valence-corrected chi connectivity index (χ2v) is 8.00. The molecule has 3 rings (SSSR count). The number of rotatable bonds is 8. The summed E-state index contributed by atoms with van der Waals surface area (Å²) in [6, 6.07) is 11.6. The Labute approximate surface area is 206 Å². The summed E-state index contributed by atoms with van der Waals surface area (Å²) in [5, 5.41) is 3.26. The predicted molar refractivity (Wildman–Crippen MR) is 130 cm³/mol. The Hall–Kier alpha value is -3.50. The van der Waals surface area contributed by atoms with Gasteiger partial charge in [0.15, 0.2) is 5.11 Å². The van der Waals surface area contributed by atoms with Crippen molar-refractivity contribution in [3.63, 3.8) is 0 Å². The Morgan fingerprint density at radius 3 is 2.32 bits per heavy atom. The lowest BCUT2D eigenvalue weighted by Gasteiger charge is -2.22. The minimum absolute atomic E-state index is 0.0450. The van der Waals surface area contributed by atoms with E-state index in [2.05, 4.69) is 5.32 Å². The molecule has 0 aliphatic carbocycles. The van der Waals surface area contributed by atoms with Crippen LogP contribution in [0.25, 0.3) is 0 Å². The zero-order valence-corrected chi connectivity index (χ0v) is 20.0. The first-order chi connectivity index (χ1) is 16.2. The fraction of sp³-hybridized carbons (Fsp3) is 0.261. The molecular weight excluding hydrogens is 482 g/mol. The van der Waals surface area contributed by atoms with E-state index < -0.39 is 29.8 Å². The topological polar surface area (TPSA) is 105 Å². The van der Waals surface area contributed by atoms with Gasteiger partial charge in [0.05, 0.1) is 31.4 Å². The van der Waals surface area contributed by atoms with Crippen molar-refractivity contribution in [1.29, 1.82) is 0 Å². The van der Waals surface area contributed by atoms with Crippen LogP contribution in [0, 0.1) is 0 Å². The number of nitrogens with zero attached hydrogens (tertiary/aromatic N) is 2. The summed E-state index contributed by atoms with van der Waals surface area (Å²) < 4.78 is 9.70. The number of methoxy groups -OCH3 is 1. The van der Waals surface area contributed by atoms with Crippen molar-refractivity contribution in [1.82, 2.24) is 4.90 Å². The van der Waals surface area contributed by atoms with Crippen LogP contribution in [0.3, 0.4) is 0 Å². The molecule has 11 heteroatoms. The van der Waals surface area contributed by atoms with E-state index in [0.717, 1.165) is 0 Å². The molecule has 0 bridgehead atoms. The molecule has 178 valence electrons. The van der Waals surface area contributed by atoms with Crippen LogP contribution in [0.4, 0.5) is 11.4 Å². The smallest absolute Gasteiger partial charge is 0.338 e. The number of benzene rings is 2. The summed E-state index contributed by atoms with van der Waals surface area (Å²) >= 11 is 11.3. The average Bonchev–Trinajstić information content (AvgIpc) is 3.04. The summed E-state index contributed by atoms with van der Waals surface area (Å²) in [4.78, 5) is 52.5. The third-order valence-corrected chi connectivity index (χ3v) is 5.66. The largest absolute Gasteiger partial charge is 0.468 e. The lowest BCUT2D eigenvalue weighted by molar-refractivity contribution is -0.141. The van der Waals surface area contributed by atoms with Crippen molar-refractivity contribution < 1.29 is 28.7 Å². The second-order valence-electron chi connectivity index (χ2n) is 7.20. The fourth-order valence-corrected chi connectivity index (χ4v) is 3.85. The standard InChI is InChI=1S/C23H22ClN3O6S/c1-3-33-22(31)14-4-10-17(11-5-14)27-21(30)18(26(23(27)34)13-20(29)32-2)12-19(28)25-16-8-6-15(24)7-9-16/h4-11,18H,3,12-13H2,1-2H3,(H,25,28)/t18-/m0/s1. The number of esters is 2. The second kappa shape index (κ2) is 11.1. The zero-order valence-electron chi connectivity index (χ0n) is 18.4. The Balaban J connectivity index is 1.82. The summed E-state index contributed by atoms with van der Waals surface area (Å²) in [6.45, 7) is 1.63.